The van der Waals surface area contributed by atoms with Crippen LogP contribution in [0.1, 0.15) is 46.5 Å². The maximum absolute atomic E-state index is 12.4. The Morgan fingerprint density at radius 1 is 1.23 bits per heavy atom. The van der Waals surface area contributed by atoms with Crippen LogP contribution in [0.15, 0.2) is 0 Å². The Kier molecular flexibility index (Phi) is 9.18. The van der Waals surface area contributed by atoms with Gasteiger partial charge in [0, 0.05) is 7.11 Å². The molecule has 1 aliphatic carbocycles. The summed E-state index contributed by atoms with van der Waals surface area (Å²) in [6, 6.07) is -1.46. The highest BCUT2D eigenvalue weighted by molar-refractivity contribution is 5.97. The summed E-state index contributed by atoms with van der Waals surface area (Å²) in [7, 11) is 1.43. The Balaban J connectivity index is 0.00000101. The zero-order chi connectivity index (χ0) is 19.7. The molecule has 0 radical (unpaired) electrons. The molecule has 0 aromatic rings. The summed E-state index contributed by atoms with van der Waals surface area (Å²) < 4.78 is 9.93. The fraction of sp³-hybridized carbons (Fsp3) is 0.833. The van der Waals surface area contributed by atoms with Gasteiger partial charge in [-0.1, -0.05) is 33.1 Å². The standard InChI is InChI=1S/C15H27N3O5.C3H6/c1-9(2)5-11(13(20)15(3)8-23-15)18-12(19)6-17-14(21)10(16)7-22-4;1-2-3-1/h9-11H,5-8,16H2,1-4H3,(H,17,21)(H,18,19);1-3H2/t10?,11-,15?;/m0./s1. The van der Waals surface area contributed by atoms with E-state index >= 15 is 0 Å². The molecule has 8 nitrogen and oxygen atoms in total. The Morgan fingerprint density at radius 2 is 1.81 bits per heavy atom. The molecule has 2 fully saturated rings. The van der Waals surface area contributed by atoms with Crippen molar-refractivity contribution in [2.75, 3.05) is 26.9 Å². The molecule has 2 rings (SSSR count). The summed E-state index contributed by atoms with van der Waals surface area (Å²) in [6.45, 7) is 5.84. The number of methoxy groups -OCH3 is 1. The van der Waals surface area contributed by atoms with Crippen LogP contribution in [0.4, 0.5) is 0 Å². The summed E-state index contributed by atoms with van der Waals surface area (Å²) in [4.78, 5) is 36.0. The second kappa shape index (κ2) is 10.6. The minimum atomic E-state index is -0.834. The number of epoxide rings is 1. The minimum Gasteiger partial charge on any atom is -0.383 e. The molecule has 0 aromatic heterocycles. The van der Waals surface area contributed by atoms with Gasteiger partial charge in [0.2, 0.25) is 11.8 Å². The highest BCUT2D eigenvalue weighted by Gasteiger charge is 2.50. The number of hydrogen-bond donors (Lipinski definition) is 3. The second-order valence-electron chi connectivity index (χ2n) is 7.47. The molecule has 150 valence electrons. The summed E-state index contributed by atoms with van der Waals surface area (Å²) in [6.07, 6.45) is 5.01. The summed E-state index contributed by atoms with van der Waals surface area (Å²) in [5.74, 6) is -0.823. The third-order valence-corrected chi connectivity index (χ3v) is 3.92. The number of nitrogens with two attached hydrogens (primary N) is 1. The second-order valence-corrected chi connectivity index (χ2v) is 7.47. The molecule has 2 aliphatic rings. The normalized spacial score (nSPS) is 22.5. The lowest BCUT2D eigenvalue weighted by Crippen LogP contribution is -2.51. The van der Waals surface area contributed by atoms with E-state index < -0.39 is 29.5 Å². The molecule has 8 heteroatoms. The van der Waals surface area contributed by atoms with Crippen LogP contribution in [0, 0.1) is 5.92 Å². The van der Waals surface area contributed by atoms with Gasteiger partial charge in [0.15, 0.2) is 5.78 Å². The van der Waals surface area contributed by atoms with Crippen molar-refractivity contribution in [2.24, 2.45) is 11.7 Å². The first-order valence-electron chi connectivity index (χ1n) is 9.19. The van der Waals surface area contributed by atoms with Gasteiger partial charge in [-0.15, -0.1) is 0 Å². The number of carbonyl (C=O) groups is 3. The maximum atomic E-state index is 12.4. The average Bonchev–Trinajstić information content (AvgIpc) is 3.46. The molecule has 2 unspecified atom stereocenters. The molecule has 1 saturated heterocycles. The molecule has 4 N–H and O–H groups in total. The van der Waals surface area contributed by atoms with E-state index in [4.69, 9.17) is 15.2 Å². The third-order valence-electron chi connectivity index (χ3n) is 3.92. The van der Waals surface area contributed by atoms with Crippen molar-refractivity contribution in [1.82, 2.24) is 10.6 Å². The van der Waals surface area contributed by atoms with Gasteiger partial charge < -0.3 is 25.8 Å². The van der Waals surface area contributed by atoms with E-state index in [1.165, 1.54) is 26.4 Å². The predicted molar refractivity (Wildman–Crippen MR) is 97.5 cm³/mol. The fourth-order valence-corrected chi connectivity index (χ4v) is 2.12. The molecular formula is C18H33N3O5. The Morgan fingerprint density at radius 3 is 2.23 bits per heavy atom. The molecule has 0 aromatic carbocycles. The van der Waals surface area contributed by atoms with Crippen molar-refractivity contribution < 1.29 is 23.9 Å². The Hall–Kier alpha value is -1.51. The predicted octanol–water partition coefficient (Wildman–Crippen LogP) is 0.136. The van der Waals surface area contributed by atoms with Crippen LogP contribution in [-0.2, 0) is 23.9 Å². The first-order valence-corrected chi connectivity index (χ1v) is 9.19. The van der Waals surface area contributed by atoms with E-state index in [-0.39, 0.29) is 24.9 Å². The smallest absolute Gasteiger partial charge is 0.239 e. The molecule has 3 atom stereocenters. The highest BCUT2D eigenvalue weighted by atomic mass is 16.6. The SMILES string of the molecule is C1CC1.COCC(N)C(=O)NCC(=O)N[C@@H](CC(C)C)C(=O)C1(C)CO1. The van der Waals surface area contributed by atoms with Crippen LogP contribution < -0.4 is 16.4 Å². The van der Waals surface area contributed by atoms with Crippen molar-refractivity contribution in [1.29, 1.82) is 0 Å². The Labute approximate surface area is 155 Å². The number of Topliss-reactive ketones (excluding diaryl/α,β-unsaturated/α-hetero) is 1. The number of carbonyl (C=O) groups excluding carboxylic acids is 3. The fourth-order valence-electron chi connectivity index (χ4n) is 2.12. The lowest BCUT2D eigenvalue weighted by molar-refractivity contribution is -0.131. The number of nitrogens with one attached hydrogen (secondary N) is 2. The van der Waals surface area contributed by atoms with Crippen molar-refractivity contribution in [2.45, 2.75) is 64.1 Å². The van der Waals surface area contributed by atoms with Gasteiger partial charge >= 0.3 is 0 Å². The van der Waals surface area contributed by atoms with E-state index in [2.05, 4.69) is 10.6 Å². The largest absolute Gasteiger partial charge is 0.383 e. The maximum Gasteiger partial charge on any atom is 0.239 e. The van der Waals surface area contributed by atoms with Crippen molar-refractivity contribution in [3.8, 4) is 0 Å². The number of ether oxygens (including phenoxy) is 2. The van der Waals surface area contributed by atoms with Gasteiger partial charge in [-0.3, -0.25) is 14.4 Å². The highest BCUT2D eigenvalue weighted by Crippen LogP contribution is 2.29. The molecule has 1 heterocycles. The molecule has 0 bridgehead atoms. The minimum absolute atomic E-state index is 0.0671. The molecule has 2 amide bonds. The number of rotatable bonds is 10. The summed E-state index contributed by atoms with van der Waals surface area (Å²) in [5, 5.41) is 5.09. The van der Waals surface area contributed by atoms with Crippen LogP contribution >= 0.6 is 0 Å². The van der Waals surface area contributed by atoms with Crippen molar-refractivity contribution in [3.05, 3.63) is 0 Å². The zero-order valence-corrected chi connectivity index (χ0v) is 16.3. The van der Waals surface area contributed by atoms with Gasteiger partial charge in [0.1, 0.15) is 11.6 Å². The number of amides is 2. The van der Waals surface area contributed by atoms with E-state index in [9.17, 15) is 14.4 Å². The molecule has 1 saturated carbocycles. The van der Waals surface area contributed by atoms with Gasteiger partial charge in [0.25, 0.3) is 0 Å². The van der Waals surface area contributed by atoms with Crippen LogP contribution in [0.5, 0.6) is 0 Å². The van der Waals surface area contributed by atoms with Crippen LogP contribution in [0.25, 0.3) is 0 Å². The molecular weight excluding hydrogens is 338 g/mol. The van der Waals surface area contributed by atoms with Crippen LogP contribution in [0.2, 0.25) is 0 Å². The summed E-state index contributed by atoms with van der Waals surface area (Å²) in [5.41, 5.74) is 4.76. The van der Waals surface area contributed by atoms with Gasteiger partial charge in [-0.05, 0) is 19.3 Å². The Bertz CT molecular complexity index is 486. The van der Waals surface area contributed by atoms with E-state index in [0.717, 1.165) is 0 Å². The quantitative estimate of drug-likeness (QED) is 0.469. The first kappa shape index (κ1) is 22.5. The van der Waals surface area contributed by atoms with E-state index in [0.29, 0.717) is 13.0 Å². The average molecular weight is 371 g/mol. The third kappa shape index (κ3) is 8.73. The number of hydrogen-bond acceptors (Lipinski definition) is 6. The lowest BCUT2D eigenvalue weighted by atomic mass is 9.93. The van der Waals surface area contributed by atoms with Crippen molar-refractivity contribution in [3.63, 3.8) is 0 Å². The lowest BCUT2D eigenvalue weighted by Gasteiger charge is -2.21. The van der Waals surface area contributed by atoms with E-state index in [1.54, 1.807) is 6.92 Å². The molecule has 0 spiro atoms. The zero-order valence-electron chi connectivity index (χ0n) is 16.3. The van der Waals surface area contributed by atoms with E-state index in [1.807, 2.05) is 13.8 Å². The van der Waals surface area contributed by atoms with Gasteiger partial charge in [0.05, 0.1) is 25.8 Å². The number of ketones is 1. The topological polar surface area (TPSA) is 123 Å². The van der Waals surface area contributed by atoms with Crippen LogP contribution in [-0.4, -0.2) is 62.2 Å². The monoisotopic (exact) mass is 371 g/mol. The van der Waals surface area contributed by atoms with Gasteiger partial charge in [-0.25, -0.2) is 0 Å². The summed E-state index contributed by atoms with van der Waals surface area (Å²) >= 11 is 0. The van der Waals surface area contributed by atoms with Crippen LogP contribution in [0.3, 0.4) is 0 Å². The van der Waals surface area contributed by atoms with Gasteiger partial charge in [-0.2, -0.15) is 0 Å². The first-order chi connectivity index (χ1) is 12.2. The molecule has 1 aliphatic heterocycles. The molecule has 26 heavy (non-hydrogen) atoms. The van der Waals surface area contributed by atoms with Crippen molar-refractivity contribution >= 4 is 17.6 Å².